The van der Waals surface area contributed by atoms with Crippen LogP contribution in [0.25, 0.3) is 0 Å². The minimum atomic E-state index is -0.824. The lowest BCUT2D eigenvalue weighted by Crippen LogP contribution is -2.42. The molecule has 1 aliphatic rings. The fourth-order valence-electron chi connectivity index (χ4n) is 1.73. The number of hydrogen-bond acceptors (Lipinski definition) is 2. The average molecular weight is 191 g/mol. The number of benzene rings is 1. The Kier molecular flexibility index (Phi) is 2.50. The van der Waals surface area contributed by atoms with E-state index < -0.39 is 6.10 Å². The molecule has 3 heteroatoms. The molecule has 2 atom stereocenters. The predicted molar refractivity (Wildman–Crippen MR) is 52.6 cm³/mol. The predicted octanol–water partition coefficient (Wildman–Crippen LogP) is 0.999. The molecule has 1 aliphatic heterocycles. The summed E-state index contributed by atoms with van der Waals surface area (Å²) in [4.78, 5) is 11.2. The summed E-state index contributed by atoms with van der Waals surface area (Å²) in [5.41, 5.74) is 1.10. The second-order valence-electron chi connectivity index (χ2n) is 3.57. The zero-order valence-electron chi connectivity index (χ0n) is 7.81. The van der Waals surface area contributed by atoms with E-state index in [2.05, 4.69) is 5.32 Å². The van der Waals surface area contributed by atoms with Gasteiger partial charge in [-0.25, -0.2) is 0 Å². The first kappa shape index (κ1) is 9.21. The molecule has 0 spiro atoms. The van der Waals surface area contributed by atoms with Gasteiger partial charge in [0.05, 0.1) is 6.04 Å². The highest BCUT2D eigenvalue weighted by atomic mass is 16.3. The molecule has 14 heavy (non-hydrogen) atoms. The van der Waals surface area contributed by atoms with Crippen LogP contribution in [0, 0.1) is 0 Å². The second-order valence-corrected chi connectivity index (χ2v) is 3.57. The molecule has 1 aromatic rings. The molecule has 1 saturated heterocycles. The van der Waals surface area contributed by atoms with Gasteiger partial charge in [-0.2, -0.15) is 0 Å². The normalized spacial score (nSPS) is 27.1. The lowest BCUT2D eigenvalue weighted by Gasteiger charge is -2.26. The fourth-order valence-corrected chi connectivity index (χ4v) is 1.73. The summed E-state index contributed by atoms with van der Waals surface area (Å²) in [5.74, 6) is -0.259. The van der Waals surface area contributed by atoms with Crippen LogP contribution >= 0.6 is 0 Å². The van der Waals surface area contributed by atoms with E-state index in [0.29, 0.717) is 6.42 Å². The molecule has 0 aromatic heterocycles. The van der Waals surface area contributed by atoms with Gasteiger partial charge in [0, 0.05) is 0 Å². The second kappa shape index (κ2) is 3.80. The van der Waals surface area contributed by atoms with Crippen LogP contribution in [0.15, 0.2) is 30.3 Å². The highest BCUT2D eigenvalue weighted by Gasteiger charge is 2.26. The third kappa shape index (κ3) is 1.77. The van der Waals surface area contributed by atoms with E-state index >= 15 is 0 Å². The van der Waals surface area contributed by atoms with Crippen LogP contribution in [0.2, 0.25) is 0 Å². The molecular formula is C11H13NO2. The van der Waals surface area contributed by atoms with Gasteiger partial charge in [-0.05, 0) is 18.4 Å². The molecule has 0 radical (unpaired) electrons. The molecule has 1 amide bonds. The molecule has 2 N–H and O–H groups in total. The number of nitrogens with one attached hydrogen (secondary N) is 1. The summed E-state index contributed by atoms with van der Waals surface area (Å²) >= 11 is 0. The third-order valence-corrected chi connectivity index (χ3v) is 2.55. The molecule has 74 valence electrons. The highest BCUT2D eigenvalue weighted by molar-refractivity contribution is 5.81. The topological polar surface area (TPSA) is 49.3 Å². The molecule has 0 aliphatic carbocycles. The Morgan fingerprint density at radius 3 is 2.57 bits per heavy atom. The lowest BCUT2D eigenvalue weighted by molar-refractivity contribution is -0.132. The maximum absolute atomic E-state index is 11.2. The zero-order chi connectivity index (χ0) is 9.97. The van der Waals surface area contributed by atoms with E-state index in [1.165, 1.54) is 0 Å². The summed E-state index contributed by atoms with van der Waals surface area (Å²) < 4.78 is 0. The molecule has 1 fully saturated rings. The number of carbonyl (C=O) groups excluding carboxylic acids is 1. The number of piperidine rings is 1. The van der Waals surface area contributed by atoms with Crippen LogP contribution in [0.3, 0.4) is 0 Å². The quantitative estimate of drug-likeness (QED) is 0.695. The first-order valence-corrected chi connectivity index (χ1v) is 4.81. The lowest BCUT2D eigenvalue weighted by atomic mass is 9.96. The first-order chi connectivity index (χ1) is 6.77. The van der Waals surface area contributed by atoms with Crippen LogP contribution in [-0.4, -0.2) is 17.1 Å². The van der Waals surface area contributed by atoms with Crippen LogP contribution < -0.4 is 5.32 Å². The summed E-state index contributed by atoms with van der Waals surface area (Å²) in [5, 5.41) is 12.0. The van der Waals surface area contributed by atoms with Gasteiger partial charge in [-0.3, -0.25) is 4.79 Å². The number of rotatable bonds is 1. The average Bonchev–Trinajstić information content (AvgIpc) is 2.23. The fraction of sp³-hybridized carbons (Fsp3) is 0.364. The molecule has 1 aromatic carbocycles. The number of aliphatic hydroxyl groups excluding tert-OH is 1. The van der Waals surface area contributed by atoms with E-state index in [9.17, 15) is 9.90 Å². The van der Waals surface area contributed by atoms with Crippen molar-refractivity contribution in [2.24, 2.45) is 0 Å². The van der Waals surface area contributed by atoms with E-state index in [-0.39, 0.29) is 11.9 Å². The Morgan fingerprint density at radius 2 is 1.93 bits per heavy atom. The third-order valence-electron chi connectivity index (χ3n) is 2.55. The van der Waals surface area contributed by atoms with Crippen molar-refractivity contribution >= 4 is 5.91 Å². The van der Waals surface area contributed by atoms with Gasteiger partial charge in [-0.15, -0.1) is 0 Å². The highest BCUT2D eigenvalue weighted by Crippen LogP contribution is 2.22. The van der Waals surface area contributed by atoms with E-state index in [0.717, 1.165) is 12.0 Å². The summed E-state index contributed by atoms with van der Waals surface area (Å²) in [7, 11) is 0. The van der Waals surface area contributed by atoms with Crippen molar-refractivity contribution in [3.8, 4) is 0 Å². The van der Waals surface area contributed by atoms with Gasteiger partial charge in [0.1, 0.15) is 6.10 Å². The SMILES string of the molecule is O=C1NC(c2ccccc2)CCC1O. The van der Waals surface area contributed by atoms with E-state index in [1.54, 1.807) is 0 Å². The molecule has 2 rings (SSSR count). The van der Waals surface area contributed by atoms with Crippen molar-refractivity contribution < 1.29 is 9.90 Å². The van der Waals surface area contributed by atoms with E-state index in [4.69, 9.17) is 0 Å². The summed E-state index contributed by atoms with van der Waals surface area (Å²) in [6, 6.07) is 9.89. The van der Waals surface area contributed by atoms with Gasteiger partial charge in [-0.1, -0.05) is 30.3 Å². The largest absolute Gasteiger partial charge is 0.383 e. The van der Waals surface area contributed by atoms with Crippen molar-refractivity contribution in [1.82, 2.24) is 5.32 Å². The Labute approximate surface area is 82.8 Å². The molecule has 3 nitrogen and oxygen atoms in total. The summed E-state index contributed by atoms with van der Waals surface area (Å²) in [6.45, 7) is 0. The van der Waals surface area contributed by atoms with Gasteiger partial charge in [0.15, 0.2) is 0 Å². The monoisotopic (exact) mass is 191 g/mol. The smallest absolute Gasteiger partial charge is 0.249 e. The summed E-state index contributed by atoms with van der Waals surface area (Å²) in [6.07, 6.45) is 0.525. The van der Waals surface area contributed by atoms with Crippen molar-refractivity contribution in [3.63, 3.8) is 0 Å². The Hall–Kier alpha value is -1.35. The number of amides is 1. The Balaban J connectivity index is 2.11. The standard InChI is InChI=1S/C11H13NO2/c13-10-7-6-9(12-11(10)14)8-4-2-1-3-5-8/h1-5,9-10,13H,6-7H2,(H,12,14). The number of aliphatic hydroxyl groups is 1. The van der Waals surface area contributed by atoms with Crippen molar-refractivity contribution in [1.29, 1.82) is 0 Å². The van der Waals surface area contributed by atoms with Crippen molar-refractivity contribution in [3.05, 3.63) is 35.9 Å². The minimum absolute atomic E-state index is 0.0621. The van der Waals surface area contributed by atoms with Gasteiger partial charge in [0.2, 0.25) is 5.91 Å². The molecular weight excluding hydrogens is 178 g/mol. The van der Waals surface area contributed by atoms with Crippen LogP contribution in [0.1, 0.15) is 24.4 Å². The van der Waals surface area contributed by atoms with E-state index in [1.807, 2.05) is 30.3 Å². The Morgan fingerprint density at radius 1 is 1.21 bits per heavy atom. The van der Waals surface area contributed by atoms with Crippen LogP contribution in [0.4, 0.5) is 0 Å². The zero-order valence-corrected chi connectivity index (χ0v) is 7.81. The van der Waals surface area contributed by atoms with Crippen LogP contribution in [0.5, 0.6) is 0 Å². The van der Waals surface area contributed by atoms with Gasteiger partial charge >= 0.3 is 0 Å². The van der Waals surface area contributed by atoms with Gasteiger partial charge in [0.25, 0.3) is 0 Å². The molecule has 0 saturated carbocycles. The number of hydrogen-bond donors (Lipinski definition) is 2. The molecule has 0 bridgehead atoms. The van der Waals surface area contributed by atoms with Crippen LogP contribution in [-0.2, 0) is 4.79 Å². The maximum Gasteiger partial charge on any atom is 0.249 e. The maximum atomic E-state index is 11.2. The molecule has 1 heterocycles. The van der Waals surface area contributed by atoms with Gasteiger partial charge < -0.3 is 10.4 Å². The minimum Gasteiger partial charge on any atom is -0.383 e. The van der Waals surface area contributed by atoms with Crippen molar-refractivity contribution in [2.75, 3.05) is 0 Å². The Bertz CT molecular complexity index is 323. The van der Waals surface area contributed by atoms with Crippen molar-refractivity contribution in [2.45, 2.75) is 25.0 Å². The number of carbonyl (C=O) groups is 1. The molecule has 2 unspecified atom stereocenters. The first-order valence-electron chi connectivity index (χ1n) is 4.81.